The minimum atomic E-state index is -1.01. The van der Waals surface area contributed by atoms with Gasteiger partial charge < -0.3 is 29.2 Å². The van der Waals surface area contributed by atoms with Gasteiger partial charge in [0.05, 0.1) is 20.4 Å². The zero-order chi connectivity index (χ0) is 37.4. The van der Waals surface area contributed by atoms with Crippen molar-refractivity contribution in [3.63, 3.8) is 0 Å². The van der Waals surface area contributed by atoms with Gasteiger partial charge in [-0.25, -0.2) is 9.78 Å². The number of nitrogens with zero attached hydrogens (tertiary/aromatic N) is 4. The van der Waals surface area contributed by atoms with Gasteiger partial charge in [-0.3, -0.25) is 9.80 Å². The number of H-pyrrole nitrogens is 1. The highest BCUT2D eigenvalue weighted by atomic mass is 16.5. The average Bonchev–Trinajstić information content (AvgIpc) is 3.65. The van der Waals surface area contributed by atoms with Gasteiger partial charge in [-0.1, -0.05) is 44.2 Å². The molecule has 10 heteroatoms. The van der Waals surface area contributed by atoms with Crippen LogP contribution in [0.25, 0.3) is 11.0 Å². The average molecular weight is 730 g/mol. The standard InChI is InChI=1S/C44H51N5O5/c1-29(2)35-7-5-6-8-36(35)38-28-47(27-30-9-12-39(52-3)41(21-30)53-4)19-20-49(38)33-24-44(25-33)14-17-48(18-15-44)32-10-11-37(43(50)51)40(23-32)54-34-22-31-13-16-45-42(31)46-26-34/h5-13,16,21-23,26,29,33,38H,14-15,17-20,24-25,27-28H2,1-4H3,(H,45,46)(H,50,51)/t38-/m0/s1. The predicted molar refractivity (Wildman–Crippen MR) is 211 cm³/mol. The molecule has 1 spiro atoms. The van der Waals surface area contributed by atoms with Crippen LogP contribution >= 0.6 is 0 Å². The number of hydrogen-bond acceptors (Lipinski definition) is 8. The molecule has 2 N–H and O–H groups in total. The summed E-state index contributed by atoms with van der Waals surface area (Å²) in [5.74, 6) is 1.82. The van der Waals surface area contributed by atoms with Crippen molar-refractivity contribution in [2.75, 3.05) is 51.8 Å². The minimum absolute atomic E-state index is 0.139. The van der Waals surface area contributed by atoms with Gasteiger partial charge in [0.25, 0.3) is 0 Å². The van der Waals surface area contributed by atoms with Crippen LogP contribution < -0.4 is 19.1 Å². The van der Waals surface area contributed by atoms with E-state index < -0.39 is 5.97 Å². The number of nitrogens with one attached hydrogen (secondary N) is 1. The number of pyridine rings is 1. The maximum Gasteiger partial charge on any atom is 0.339 e. The summed E-state index contributed by atoms with van der Waals surface area (Å²) in [5.41, 5.74) is 6.39. The molecule has 8 rings (SSSR count). The molecule has 1 atom stereocenters. The Hall–Kier alpha value is -5.06. The number of anilines is 1. The number of hydrogen-bond donors (Lipinski definition) is 2. The third kappa shape index (κ3) is 7.12. The molecule has 3 aromatic carbocycles. The summed E-state index contributed by atoms with van der Waals surface area (Å²) in [6.45, 7) is 10.4. The van der Waals surface area contributed by atoms with Crippen LogP contribution in [0.15, 0.2) is 85.2 Å². The number of rotatable bonds is 11. The van der Waals surface area contributed by atoms with E-state index >= 15 is 0 Å². The second-order valence-corrected chi connectivity index (χ2v) is 15.7. The number of aromatic carboxylic acids is 1. The molecule has 10 nitrogen and oxygen atoms in total. The number of piperazine rings is 1. The molecule has 3 fully saturated rings. The van der Waals surface area contributed by atoms with E-state index in [2.05, 4.69) is 74.9 Å². The van der Waals surface area contributed by atoms with Crippen molar-refractivity contribution in [1.29, 1.82) is 0 Å². The molecule has 1 saturated carbocycles. The Balaban J connectivity index is 0.949. The zero-order valence-corrected chi connectivity index (χ0v) is 31.8. The highest BCUT2D eigenvalue weighted by Gasteiger charge is 2.50. The van der Waals surface area contributed by atoms with Gasteiger partial charge >= 0.3 is 5.97 Å². The lowest BCUT2D eigenvalue weighted by Crippen LogP contribution is -2.60. The lowest BCUT2D eigenvalue weighted by molar-refractivity contribution is -0.0628. The third-order valence-corrected chi connectivity index (χ3v) is 12.1. The molecular formula is C44H51N5O5. The smallest absolute Gasteiger partial charge is 0.339 e. The van der Waals surface area contributed by atoms with Crippen LogP contribution in [0.5, 0.6) is 23.0 Å². The summed E-state index contributed by atoms with van der Waals surface area (Å²) in [6, 6.07) is 25.5. The normalized spacial score (nSPS) is 19.3. The summed E-state index contributed by atoms with van der Waals surface area (Å²) in [7, 11) is 3.38. The molecule has 3 aliphatic rings. The molecule has 0 bridgehead atoms. The van der Waals surface area contributed by atoms with Crippen LogP contribution in [0.1, 0.15) is 78.5 Å². The van der Waals surface area contributed by atoms with Gasteiger partial charge in [0.2, 0.25) is 0 Å². The monoisotopic (exact) mass is 729 g/mol. The Kier molecular flexibility index (Phi) is 9.98. The van der Waals surface area contributed by atoms with Crippen molar-refractivity contribution >= 4 is 22.7 Å². The molecule has 2 aromatic heterocycles. The van der Waals surface area contributed by atoms with E-state index in [4.69, 9.17) is 14.2 Å². The van der Waals surface area contributed by atoms with Crippen molar-refractivity contribution < 1.29 is 24.1 Å². The zero-order valence-electron chi connectivity index (χ0n) is 31.8. The Morgan fingerprint density at radius 2 is 1.72 bits per heavy atom. The lowest BCUT2D eigenvalue weighted by atomic mass is 9.59. The Morgan fingerprint density at radius 3 is 2.48 bits per heavy atom. The number of piperidine rings is 1. The number of aromatic nitrogens is 2. The molecule has 0 unspecified atom stereocenters. The number of benzene rings is 3. The molecule has 282 valence electrons. The fourth-order valence-electron chi connectivity index (χ4n) is 9.18. The fourth-order valence-corrected chi connectivity index (χ4v) is 9.18. The summed E-state index contributed by atoms with van der Waals surface area (Å²) in [4.78, 5) is 27.5. The Bertz CT molecular complexity index is 2110. The maximum absolute atomic E-state index is 12.1. The first-order chi connectivity index (χ1) is 26.2. The number of fused-ring (bicyclic) bond motifs is 1. The van der Waals surface area contributed by atoms with Crippen molar-refractivity contribution in [2.45, 2.75) is 64.1 Å². The number of carboxylic acids is 1. The highest BCUT2D eigenvalue weighted by molar-refractivity contribution is 5.92. The van der Waals surface area contributed by atoms with Crippen LogP contribution in [0.2, 0.25) is 0 Å². The maximum atomic E-state index is 12.1. The Morgan fingerprint density at radius 1 is 0.926 bits per heavy atom. The second kappa shape index (κ2) is 15.0. The van der Waals surface area contributed by atoms with E-state index in [0.29, 0.717) is 34.9 Å². The number of carbonyl (C=O) groups is 1. The van der Waals surface area contributed by atoms with Gasteiger partial charge in [0.15, 0.2) is 11.5 Å². The molecule has 5 aromatic rings. The highest BCUT2D eigenvalue weighted by Crippen LogP contribution is 2.53. The number of carboxylic acid groups (broad SMARTS) is 1. The molecule has 2 aliphatic heterocycles. The topological polar surface area (TPSA) is 103 Å². The molecule has 4 heterocycles. The van der Waals surface area contributed by atoms with E-state index in [1.54, 1.807) is 26.5 Å². The van der Waals surface area contributed by atoms with Gasteiger partial charge in [-0.15, -0.1) is 0 Å². The summed E-state index contributed by atoms with van der Waals surface area (Å²) >= 11 is 0. The number of ether oxygens (including phenoxy) is 3. The van der Waals surface area contributed by atoms with E-state index in [9.17, 15) is 9.90 Å². The first kappa shape index (κ1) is 35.9. The number of methoxy groups -OCH3 is 2. The van der Waals surface area contributed by atoms with Crippen LogP contribution in [0.4, 0.5) is 5.69 Å². The van der Waals surface area contributed by atoms with Gasteiger partial charge in [0.1, 0.15) is 22.7 Å². The predicted octanol–water partition coefficient (Wildman–Crippen LogP) is 8.50. The molecule has 0 radical (unpaired) electrons. The van der Waals surface area contributed by atoms with E-state index in [1.165, 1.54) is 29.5 Å². The van der Waals surface area contributed by atoms with Crippen LogP contribution in [0, 0.1) is 5.41 Å². The van der Waals surface area contributed by atoms with Crippen LogP contribution in [-0.2, 0) is 6.54 Å². The van der Waals surface area contributed by atoms with E-state index in [-0.39, 0.29) is 5.56 Å². The molecule has 1 aliphatic carbocycles. The van der Waals surface area contributed by atoms with E-state index in [1.807, 2.05) is 36.5 Å². The van der Waals surface area contributed by atoms with Gasteiger partial charge in [0, 0.05) is 74.7 Å². The fraction of sp³-hybridized carbons (Fsp3) is 0.409. The van der Waals surface area contributed by atoms with Crippen molar-refractivity contribution in [3.05, 3.63) is 107 Å². The molecule has 54 heavy (non-hydrogen) atoms. The minimum Gasteiger partial charge on any atom is -0.493 e. The van der Waals surface area contributed by atoms with Crippen molar-refractivity contribution in [1.82, 2.24) is 19.8 Å². The first-order valence-corrected chi connectivity index (χ1v) is 19.2. The summed E-state index contributed by atoms with van der Waals surface area (Å²) < 4.78 is 17.3. The van der Waals surface area contributed by atoms with Crippen LogP contribution in [-0.4, -0.2) is 83.8 Å². The number of aromatic amines is 1. The quantitative estimate of drug-likeness (QED) is 0.139. The Labute approximate surface area is 317 Å². The van der Waals surface area contributed by atoms with Crippen molar-refractivity contribution in [2.24, 2.45) is 5.41 Å². The van der Waals surface area contributed by atoms with E-state index in [0.717, 1.165) is 80.3 Å². The summed E-state index contributed by atoms with van der Waals surface area (Å²) in [6.07, 6.45) is 8.14. The van der Waals surface area contributed by atoms with Gasteiger partial charge in [-0.2, -0.15) is 0 Å². The summed E-state index contributed by atoms with van der Waals surface area (Å²) in [5, 5.41) is 10.9. The first-order valence-electron chi connectivity index (χ1n) is 19.2. The molecular weight excluding hydrogens is 679 g/mol. The van der Waals surface area contributed by atoms with Crippen LogP contribution in [0.3, 0.4) is 0 Å². The lowest BCUT2D eigenvalue weighted by Gasteiger charge is -2.58. The second-order valence-electron chi connectivity index (χ2n) is 15.7. The third-order valence-electron chi connectivity index (χ3n) is 12.1. The van der Waals surface area contributed by atoms with Gasteiger partial charge in [-0.05, 0) is 90.1 Å². The molecule has 0 amide bonds. The molecule has 2 saturated heterocycles. The SMILES string of the molecule is COc1ccc(CN2CCN(C3CC4(CCN(c5ccc(C(=O)O)c(Oc6cnc7[nH]ccc7c6)c5)CC4)C3)[C@H](c3ccccc3C(C)C)C2)cc1OC. The van der Waals surface area contributed by atoms with Crippen molar-refractivity contribution in [3.8, 4) is 23.0 Å². The largest absolute Gasteiger partial charge is 0.493 e.